The van der Waals surface area contributed by atoms with Crippen LogP contribution in [-0.4, -0.2) is 71.7 Å². The molecule has 11 heteroatoms. The molecule has 1 heterocycles. The van der Waals surface area contributed by atoms with Crippen LogP contribution >= 0.6 is 24.0 Å². The third kappa shape index (κ3) is 10.0. The number of ether oxygens (including phenoxy) is 2. The number of aryl methyl sites for hydroxylation is 1. The van der Waals surface area contributed by atoms with Gasteiger partial charge >= 0.3 is 0 Å². The van der Waals surface area contributed by atoms with Gasteiger partial charge in [0.25, 0.3) is 0 Å². The Hall–Kier alpha value is -1.60. The Morgan fingerprint density at radius 1 is 1.26 bits per heavy atom. The Morgan fingerprint density at radius 2 is 2.03 bits per heavy atom. The van der Waals surface area contributed by atoms with Crippen molar-refractivity contribution in [3.8, 4) is 5.75 Å². The second-order valence-electron chi connectivity index (χ2n) is 7.22. The van der Waals surface area contributed by atoms with E-state index in [0.717, 1.165) is 16.9 Å². The third-order valence-corrected chi connectivity index (χ3v) is 6.45. The number of nitrogens with zero attached hydrogens (tertiary/aromatic N) is 1. The number of carbonyl (C=O) groups is 1. The Labute approximate surface area is 201 Å². The van der Waals surface area contributed by atoms with E-state index in [4.69, 9.17) is 9.47 Å². The van der Waals surface area contributed by atoms with E-state index in [1.165, 1.54) is 0 Å². The van der Waals surface area contributed by atoms with Crippen LogP contribution in [0.25, 0.3) is 0 Å². The highest BCUT2D eigenvalue weighted by Gasteiger charge is 2.28. The Morgan fingerprint density at radius 3 is 2.68 bits per heavy atom. The summed E-state index contributed by atoms with van der Waals surface area (Å²) in [7, 11) is 0.286. The first-order valence-corrected chi connectivity index (χ1v) is 11.8. The molecule has 31 heavy (non-hydrogen) atoms. The van der Waals surface area contributed by atoms with Gasteiger partial charge in [0.05, 0.1) is 18.1 Å². The fourth-order valence-electron chi connectivity index (χ4n) is 3.08. The van der Waals surface area contributed by atoms with E-state index < -0.39 is 9.84 Å². The number of hydrogen-bond donors (Lipinski definition) is 3. The van der Waals surface area contributed by atoms with Gasteiger partial charge in [0.15, 0.2) is 15.8 Å². The molecule has 1 aromatic rings. The second-order valence-corrected chi connectivity index (χ2v) is 9.45. The van der Waals surface area contributed by atoms with Crippen LogP contribution < -0.4 is 20.7 Å². The molecule has 1 fully saturated rings. The molecule has 1 unspecified atom stereocenters. The molecule has 1 aromatic carbocycles. The maximum absolute atomic E-state index is 12.0. The number of benzene rings is 1. The smallest absolute Gasteiger partial charge is 0.222 e. The number of nitrogens with one attached hydrogen (secondary N) is 3. The van der Waals surface area contributed by atoms with Gasteiger partial charge in [0.1, 0.15) is 12.4 Å². The summed E-state index contributed by atoms with van der Waals surface area (Å²) in [6.45, 7) is 3.88. The van der Waals surface area contributed by atoms with Gasteiger partial charge < -0.3 is 25.4 Å². The molecular formula is C20H33IN4O5S. The number of amides is 1. The summed E-state index contributed by atoms with van der Waals surface area (Å²) < 4.78 is 33.8. The molecule has 1 aliphatic heterocycles. The molecule has 176 valence electrons. The zero-order valence-electron chi connectivity index (χ0n) is 18.3. The highest BCUT2D eigenvalue weighted by atomic mass is 127. The number of guanidine groups is 1. The van der Waals surface area contributed by atoms with E-state index in [0.29, 0.717) is 38.7 Å². The number of rotatable bonds is 10. The van der Waals surface area contributed by atoms with Crippen LogP contribution in [0.3, 0.4) is 0 Å². The highest BCUT2D eigenvalue weighted by molar-refractivity contribution is 14.0. The standard InChI is InChI=1S/C20H32N4O5S.HI/c1-15-4-5-16(18(12-15)29-10-9-28-3)13-23-20(21-2)22-8-6-19(25)24-17-7-11-30(26,27)14-17;/h4-5,12,17H,6-11,13-14H2,1-3H3,(H,24,25)(H2,21,22,23);1H. The lowest BCUT2D eigenvalue weighted by Gasteiger charge is -2.16. The minimum atomic E-state index is -3.00. The summed E-state index contributed by atoms with van der Waals surface area (Å²) in [5.74, 6) is 1.35. The summed E-state index contributed by atoms with van der Waals surface area (Å²) in [6, 6.07) is 5.72. The van der Waals surface area contributed by atoms with Gasteiger partial charge in [-0.05, 0) is 25.0 Å². The monoisotopic (exact) mass is 568 g/mol. The number of methoxy groups -OCH3 is 1. The Bertz CT molecular complexity index is 848. The zero-order valence-corrected chi connectivity index (χ0v) is 21.4. The van der Waals surface area contributed by atoms with E-state index in [2.05, 4.69) is 20.9 Å². The summed E-state index contributed by atoms with van der Waals surface area (Å²) in [5.41, 5.74) is 2.09. The fraction of sp³-hybridized carbons (Fsp3) is 0.600. The second kappa shape index (κ2) is 13.7. The number of halogens is 1. The van der Waals surface area contributed by atoms with E-state index in [9.17, 15) is 13.2 Å². The fourth-order valence-corrected chi connectivity index (χ4v) is 4.75. The van der Waals surface area contributed by atoms with Crippen molar-refractivity contribution >= 4 is 45.7 Å². The average molecular weight is 568 g/mol. The van der Waals surface area contributed by atoms with E-state index in [1.807, 2.05) is 25.1 Å². The Balaban J connectivity index is 0.00000480. The van der Waals surface area contributed by atoms with Gasteiger partial charge in [-0.25, -0.2) is 8.42 Å². The van der Waals surface area contributed by atoms with Crippen LogP contribution in [0.2, 0.25) is 0 Å². The molecule has 0 radical (unpaired) electrons. The third-order valence-electron chi connectivity index (χ3n) is 4.68. The summed E-state index contributed by atoms with van der Waals surface area (Å²) in [5, 5.41) is 9.08. The van der Waals surface area contributed by atoms with Crippen molar-refractivity contribution < 1.29 is 22.7 Å². The van der Waals surface area contributed by atoms with E-state index in [-0.39, 0.29) is 53.9 Å². The first kappa shape index (κ1) is 27.4. The van der Waals surface area contributed by atoms with Gasteiger partial charge in [-0.15, -0.1) is 24.0 Å². The first-order valence-electron chi connectivity index (χ1n) is 9.98. The van der Waals surface area contributed by atoms with Crippen molar-refractivity contribution in [3.63, 3.8) is 0 Å². The molecule has 0 aromatic heterocycles. The van der Waals surface area contributed by atoms with Crippen molar-refractivity contribution in [2.75, 3.05) is 45.4 Å². The molecule has 1 atom stereocenters. The number of aliphatic imine (C=N–C) groups is 1. The predicted octanol–water partition coefficient (Wildman–Crippen LogP) is 0.997. The molecule has 0 bridgehead atoms. The van der Waals surface area contributed by atoms with E-state index >= 15 is 0 Å². The Kier molecular flexibility index (Phi) is 12.2. The topological polar surface area (TPSA) is 118 Å². The van der Waals surface area contributed by atoms with Gasteiger partial charge in [-0.2, -0.15) is 0 Å². The summed E-state index contributed by atoms with van der Waals surface area (Å²) in [4.78, 5) is 16.2. The minimum Gasteiger partial charge on any atom is -0.491 e. The predicted molar refractivity (Wildman–Crippen MR) is 132 cm³/mol. The van der Waals surface area contributed by atoms with Crippen LogP contribution in [0.1, 0.15) is 24.0 Å². The molecule has 1 aliphatic rings. The normalized spacial score (nSPS) is 17.5. The van der Waals surface area contributed by atoms with Gasteiger partial charge in [-0.1, -0.05) is 12.1 Å². The quantitative estimate of drug-likeness (QED) is 0.167. The molecule has 9 nitrogen and oxygen atoms in total. The lowest BCUT2D eigenvalue weighted by atomic mass is 10.1. The molecule has 1 amide bonds. The summed E-state index contributed by atoms with van der Waals surface area (Å²) in [6.07, 6.45) is 0.712. The summed E-state index contributed by atoms with van der Waals surface area (Å²) >= 11 is 0. The molecule has 3 N–H and O–H groups in total. The van der Waals surface area contributed by atoms with Crippen molar-refractivity contribution in [3.05, 3.63) is 29.3 Å². The van der Waals surface area contributed by atoms with Crippen molar-refractivity contribution in [2.45, 2.75) is 32.4 Å². The van der Waals surface area contributed by atoms with E-state index in [1.54, 1.807) is 14.2 Å². The van der Waals surface area contributed by atoms with Gasteiger partial charge in [-0.3, -0.25) is 9.79 Å². The van der Waals surface area contributed by atoms with Crippen molar-refractivity contribution in [2.24, 2.45) is 4.99 Å². The molecule has 0 saturated carbocycles. The lowest BCUT2D eigenvalue weighted by Crippen LogP contribution is -2.41. The highest BCUT2D eigenvalue weighted by Crippen LogP contribution is 2.20. The number of sulfone groups is 1. The number of carbonyl (C=O) groups excluding carboxylic acids is 1. The molecular weight excluding hydrogens is 535 g/mol. The van der Waals surface area contributed by atoms with Crippen LogP contribution in [0.15, 0.2) is 23.2 Å². The van der Waals surface area contributed by atoms with Crippen molar-refractivity contribution in [1.29, 1.82) is 0 Å². The van der Waals surface area contributed by atoms with Crippen LogP contribution in [0.4, 0.5) is 0 Å². The molecule has 0 aliphatic carbocycles. The van der Waals surface area contributed by atoms with Crippen LogP contribution in [0.5, 0.6) is 5.75 Å². The largest absolute Gasteiger partial charge is 0.491 e. The maximum Gasteiger partial charge on any atom is 0.222 e. The number of hydrogen-bond acceptors (Lipinski definition) is 6. The average Bonchev–Trinajstić information content (AvgIpc) is 3.04. The van der Waals surface area contributed by atoms with Crippen LogP contribution in [0, 0.1) is 6.92 Å². The maximum atomic E-state index is 12.0. The molecule has 0 spiro atoms. The van der Waals surface area contributed by atoms with Gasteiger partial charge in [0.2, 0.25) is 5.91 Å². The SMILES string of the molecule is CN=C(NCCC(=O)NC1CCS(=O)(=O)C1)NCc1ccc(C)cc1OCCOC.I. The zero-order chi connectivity index (χ0) is 22.0. The molecule has 1 saturated heterocycles. The minimum absolute atomic E-state index is 0. The molecule has 2 rings (SSSR count). The lowest BCUT2D eigenvalue weighted by molar-refractivity contribution is -0.121. The van der Waals surface area contributed by atoms with Gasteiger partial charge in [0, 0.05) is 45.3 Å². The van der Waals surface area contributed by atoms with Crippen LogP contribution in [-0.2, 0) is 25.9 Å². The van der Waals surface area contributed by atoms with Crippen molar-refractivity contribution in [1.82, 2.24) is 16.0 Å². The first-order chi connectivity index (χ1) is 14.3.